The van der Waals surface area contributed by atoms with Crippen molar-refractivity contribution in [3.63, 3.8) is 0 Å². The van der Waals surface area contributed by atoms with Crippen LogP contribution in [0.4, 0.5) is 0 Å². The minimum absolute atomic E-state index is 0.0535. The molecule has 0 heterocycles. The molecule has 1 aromatic carbocycles. The van der Waals surface area contributed by atoms with Crippen molar-refractivity contribution in [2.75, 3.05) is 0 Å². The number of aliphatic hydroxyl groups excluding tert-OH is 1. The molecule has 18 heavy (non-hydrogen) atoms. The van der Waals surface area contributed by atoms with Gasteiger partial charge in [0, 0.05) is 0 Å². The van der Waals surface area contributed by atoms with Crippen molar-refractivity contribution in [3.05, 3.63) is 65.3 Å². The number of phenols is 2. The third-order valence-corrected chi connectivity index (χ3v) is 2.74. The Morgan fingerprint density at radius 3 is 2.44 bits per heavy atom. The minimum Gasteiger partial charge on any atom is -0.507 e. The van der Waals surface area contributed by atoms with E-state index >= 15 is 0 Å². The first-order valence-corrected chi connectivity index (χ1v) is 5.57. The number of hydrogen-bond acceptors (Lipinski definition) is 3. The lowest BCUT2D eigenvalue weighted by Crippen LogP contribution is -1.88. The molecule has 0 spiro atoms. The molecular formula is C15H14O3. The lowest BCUT2D eigenvalue weighted by atomic mass is 10.1. The fourth-order valence-corrected chi connectivity index (χ4v) is 1.70. The monoisotopic (exact) mass is 242 g/mol. The zero-order chi connectivity index (χ0) is 13.1. The molecular weight excluding hydrogens is 228 g/mol. The van der Waals surface area contributed by atoms with E-state index in [-0.39, 0.29) is 22.8 Å². The van der Waals surface area contributed by atoms with Crippen LogP contribution in [0.1, 0.15) is 11.1 Å². The van der Waals surface area contributed by atoms with E-state index in [0.717, 1.165) is 5.57 Å². The molecule has 0 radical (unpaired) electrons. The number of rotatable bonds is 2. The van der Waals surface area contributed by atoms with Gasteiger partial charge in [-0.15, -0.1) is 0 Å². The third-order valence-electron chi connectivity index (χ3n) is 2.74. The van der Waals surface area contributed by atoms with Gasteiger partial charge >= 0.3 is 0 Å². The van der Waals surface area contributed by atoms with Crippen LogP contribution in [-0.2, 0) is 0 Å². The molecule has 0 aromatic heterocycles. The fraction of sp³-hybridized carbons (Fsp3) is 0.0667. The number of allylic oxidation sites excluding steroid dienone is 7. The highest BCUT2D eigenvalue weighted by molar-refractivity contribution is 5.72. The first-order valence-electron chi connectivity index (χ1n) is 5.57. The molecule has 0 aliphatic heterocycles. The lowest BCUT2D eigenvalue weighted by Gasteiger charge is -2.08. The van der Waals surface area contributed by atoms with Crippen LogP contribution < -0.4 is 0 Å². The molecule has 0 saturated carbocycles. The van der Waals surface area contributed by atoms with Crippen LogP contribution in [0.2, 0.25) is 0 Å². The molecule has 0 fully saturated rings. The molecule has 3 heteroatoms. The topological polar surface area (TPSA) is 60.7 Å². The van der Waals surface area contributed by atoms with Crippen molar-refractivity contribution in [1.29, 1.82) is 0 Å². The van der Waals surface area contributed by atoms with Crippen molar-refractivity contribution in [2.45, 2.75) is 6.92 Å². The van der Waals surface area contributed by atoms with Gasteiger partial charge < -0.3 is 15.3 Å². The molecule has 1 aromatic rings. The molecule has 0 bridgehead atoms. The normalized spacial score (nSPS) is 14.3. The summed E-state index contributed by atoms with van der Waals surface area (Å²) in [5, 5.41) is 29.4. The first-order chi connectivity index (χ1) is 8.59. The van der Waals surface area contributed by atoms with E-state index in [1.807, 2.05) is 24.3 Å². The third kappa shape index (κ3) is 2.30. The van der Waals surface area contributed by atoms with Gasteiger partial charge in [0.1, 0.15) is 22.8 Å². The number of aromatic hydroxyl groups is 2. The van der Waals surface area contributed by atoms with Crippen LogP contribution >= 0.6 is 0 Å². The van der Waals surface area contributed by atoms with Crippen molar-refractivity contribution >= 4 is 5.76 Å². The average molecular weight is 242 g/mol. The molecule has 3 N–H and O–H groups in total. The quantitative estimate of drug-likeness (QED) is 0.697. The van der Waals surface area contributed by atoms with Gasteiger partial charge in [0.15, 0.2) is 0 Å². The summed E-state index contributed by atoms with van der Waals surface area (Å²) in [7, 11) is 0. The van der Waals surface area contributed by atoms with E-state index in [2.05, 4.69) is 0 Å². The Morgan fingerprint density at radius 2 is 1.78 bits per heavy atom. The van der Waals surface area contributed by atoms with E-state index in [1.54, 1.807) is 19.1 Å². The first kappa shape index (κ1) is 12.0. The van der Waals surface area contributed by atoms with Crippen LogP contribution in [0.5, 0.6) is 11.5 Å². The molecule has 1 aliphatic rings. The van der Waals surface area contributed by atoms with Crippen LogP contribution in [-0.4, -0.2) is 15.3 Å². The second-order valence-electron chi connectivity index (χ2n) is 4.06. The van der Waals surface area contributed by atoms with Crippen LogP contribution in [0.3, 0.4) is 0 Å². The largest absolute Gasteiger partial charge is 0.507 e. The molecule has 0 atom stereocenters. The van der Waals surface area contributed by atoms with Gasteiger partial charge in [-0.2, -0.15) is 0 Å². The summed E-state index contributed by atoms with van der Waals surface area (Å²) >= 11 is 0. The maximum absolute atomic E-state index is 9.92. The SMILES string of the molecule is Cc1ccc(O)c(C(O)=CC=C2C=CC=C2)c1O. The Labute approximate surface area is 105 Å². The zero-order valence-corrected chi connectivity index (χ0v) is 9.96. The standard InChI is InChI=1S/C15H14O3/c1-10-6-8-12(16)14(15(10)18)13(17)9-7-11-4-2-3-5-11/h2-9,16-18H,1H3. The maximum Gasteiger partial charge on any atom is 0.133 e. The molecule has 0 saturated heterocycles. The number of aryl methyl sites for hydroxylation is 1. The number of phenolic OH excluding ortho intramolecular Hbond substituents is 2. The smallest absolute Gasteiger partial charge is 0.133 e. The predicted molar refractivity (Wildman–Crippen MR) is 71.5 cm³/mol. The Bertz CT molecular complexity index is 576. The summed E-state index contributed by atoms with van der Waals surface area (Å²) < 4.78 is 0. The summed E-state index contributed by atoms with van der Waals surface area (Å²) in [5.41, 5.74) is 1.59. The van der Waals surface area contributed by atoms with E-state index in [9.17, 15) is 15.3 Å². The molecule has 0 amide bonds. The average Bonchev–Trinajstić information content (AvgIpc) is 2.85. The molecule has 2 rings (SSSR count). The second kappa shape index (κ2) is 4.84. The van der Waals surface area contributed by atoms with Crippen molar-refractivity contribution in [2.24, 2.45) is 0 Å². The van der Waals surface area contributed by atoms with Gasteiger partial charge in [-0.3, -0.25) is 0 Å². The number of aliphatic hydroxyl groups is 1. The van der Waals surface area contributed by atoms with E-state index < -0.39 is 0 Å². The fourth-order valence-electron chi connectivity index (χ4n) is 1.70. The van der Waals surface area contributed by atoms with Gasteiger partial charge in [0.05, 0.1) is 0 Å². The number of benzene rings is 1. The molecule has 0 unspecified atom stereocenters. The van der Waals surface area contributed by atoms with Gasteiger partial charge in [0.25, 0.3) is 0 Å². The van der Waals surface area contributed by atoms with E-state index in [4.69, 9.17) is 0 Å². The van der Waals surface area contributed by atoms with E-state index in [0.29, 0.717) is 5.56 Å². The van der Waals surface area contributed by atoms with Gasteiger partial charge in [0.2, 0.25) is 0 Å². The van der Waals surface area contributed by atoms with Crippen LogP contribution in [0, 0.1) is 6.92 Å². The Kier molecular flexibility index (Phi) is 3.24. The summed E-state index contributed by atoms with van der Waals surface area (Å²) in [6.45, 7) is 1.70. The Hall–Kier alpha value is -2.42. The summed E-state index contributed by atoms with van der Waals surface area (Å²) in [5.74, 6) is -0.433. The maximum atomic E-state index is 9.92. The van der Waals surface area contributed by atoms with Crippen molar-refractivity contribution < 1.29 is 15.3 Å². The summed E-state index contributed by atoms with van der Waals surface area (Å²) in [4.78, 5) is 0. The lowest BCUT2D eigenvalue weighted by molar-refractivity contribution is 0.430. The van der Waals surface area contributed by atoms with Crippen LogP contribution in [0.15, 0.2) is 54.2 Å². The highest BCUT2D eigenvalue weighted by Gasteiger charge is 2.13. The van der Waals surface area contributed by atoms with E-state index in [1.165, 1.54) is 12.1 Å². The molecule has 92 valence electrons. The molecule has 3 nitrogen and oxygen atoms in total. The minimum atomic E-state index is -0.171. The zero-order valence-electron chi connectivity index (χ0n) is 9.96. The Balaban J connectivity index is 2.40. The van der Waals surface area contributed by atoms with Gasteiger partial charge in [-0.1, -0.05) is 36.4 Å². The summed E-state index contributed by atoms with van der Waals surface area (Å²) in [6, 6.07) is 3.03. The second-order valence-corrected chi connectivity index (χ2v) is 4.06. The van der Waals surface area contributed by atoms with Crippen LogP contribution in [0.25, 0.3) is 5.76 Å². The predicted octanol–water partition coefficient (Wildman–Crippen LogP) is 3.36. The van der Waals surface area contributed by atoms with Gasteiger partial charge in [-0.25, -0.2) is 0 Å². The highest BCUT2D eigenvalue weighted by Crippen LogP contribution is 2.34. The van der Waals surface area contributed by atoms with Crippen molar-refractivity contribution in [3.8, 4) is 11.5 Å². The van der Waals surface area contributed by atoms with Crippen molar-refractivity contribution in [1.82, 2.24) is 0 Å². The Morgan fingerprint density at radius 1 is 1.11 bits per heavy atom. The van der Waals surface area contributed by atoms with Gasteiger partial charge in [-0.05, 0) is 30.2 Å². The number of hydrogen-bond donors (Lipinski definition) is 3. The highest BCUT2D eigenvalue weighted by atomic mass is 16.3. The summed E-state index contributed by atoms with van der Waals surface area (Å²) in [6.07, 6.45) is 10.7. The molecule has 1 aliphatic carbocycles.